The molecule has 5 nitrogen and oxygen atoms in total. The summed E-state index contributed by atoms with van der Waals surface area (Å²) in [5.74, 6) is 2.11. The van der Waals surface area contributed by atoms with Crippen LogP contribution in [0, 0.1) is 11.8 Å². The molecule has 4 N–H and O–H groups in total. The molecule has 0 aromatic heterocycles. The molecule has 0 saturated heterocycles. The molecule has 0 amide bonds. The first kappa shape index (κ1) is 18.7. The molecule has 3 atom stereocenters. The molecule has 132 valence electrons. The molecule has 0 bridgehead atoms. The van der Waals surface area contributed by atoms with Gasteiger partial charge in [0.15, 0.2) is 10.2 Å². The fourth-order valence-corrected chi connectivity index (χ4v) is 3.34. The molecule has 0 aliphatic heterocycles. The minimum absolute atomic E-state index is 0.412. The minimum Gasteiger partial charge on any atom is -0.497 e. The zero-order valence-corrected chi connectivity index (χ0v) is 16.0. The molecular formula is C17H26N4OS2. The van der Waals surface area contributed by atoms with Crippen molar-refractivity contribution in [3.05, 3.63) is 24.3 Å². The maximum absolute atomic E-state index is 5.36. The van der Waals surface area contributed by atoms with Crippen molar-refractivity contribution >= 4 is 40.3 Å². The molecule has 0 unspecified atom stereocenters. The summed E-state index contributed by atoms with van der Waals surface area (Å²) in [5, 5.41) is 7.48. The molecule has 1 aromatic carbocycles. The van der Waals surface area contributed by atoms with Crippen LogP contribution in [0.4, 0.5) is 5.69 Å². The van der Waals surface area contributed by atoms with Gasteiger partial charge in [-0.15, -0.1) is 0 Å². The van der Waals surface area contributed by atoms with Crippen molar-refractivity contribution in [3.63, 3.8) is 0 Å². The second-order valence-electron chi connectivity index (χ2n) is 6.28. The van der Waals surface area contributed by atoms with E-state index in [1.807, 2.05) is 24.3 Å². The third-order valence-electron chi connectivity index (χ3n) is 4.64. The van der Waals surface area contributed by atoms with E-state index in [0.717, 1.165) is 23.8 Å². The van der Waals surface area contributed by atoms with E-state index >= 15 is 0 Å². The van der Waals surface area contributed by atoms with E-state index in [4.69, 9.17) is 29.2 Å². The molecular weight excluding hydrogens is 340 g/mol. The summed E-state index contributed by atoms with van der Waals surface area (Å²) < 4.78 is 5.19. The number of anilines is 1. The third kappa shape index (κ3) is 5.49. The molecule has 0 radical (unpaired) electrons. The van der Waals surface area contributed by atoms with Crippen LogP contribution in [0.25, 0.3) is 0 Å². The first-order chi connectivity index (χ1) is 11.5. The van der Waals surface area contributed by atoms with Crippen molar-refractivity contribution in [3.8, 4) is 5.75 Å². The fraction of sp³-hybridized carbons (Fsp3) is 0.529. The average molecular weight is 367 g/mol. The van der Waals surface area contributed by atoms with Crippen molar-refractivity contribution < 1.29 is 4.74 Å². The molecule has 0 heterocycles. The van der Waals surface area contributed by atoms with E-state index in [1.165, 1.54) is 12.8 Å². The van der Waals surface area contributed by atoms with Crippen LogP contribution in [-0.4, -0.2) is 23.4 Å². The van der Waals surface area contributed by atoms with Crippen molar-refractivity contribution in [1.82, 2.24) is 16.2 Å². The van der Waals surface area contributed by atoms with Gasteiger partial charge in [-0.1, -0.05) is 32.8 Å². The molecule has 0 spiro atoms. The van der Waals surface area contributed by atoms with Crippen LogP contribution in [-0.2, 0) is 0 Å². The lowest BCUT2D eigenvalue weighted by molar-refractivity contribution is 0.224. The molecule has 1 aromatic rings. The number of thiocarbonyl (C=S) groups is 2. The Balaban J connectivity index is 1.75. The monoisotopic (exact) mass is 366 g/mol. The van der Waals surface area contributed by atoms with Crippen LogP contribution in [0.3, 0.4) is 0 Å². The number of ether oxygens (including phenoxy) is 1. The number of methoxy groups -OCH3 is 1. The quantitative estimate of drug-likeness (QED) is 0.484. The predicted octanol–water partition coefficient (Wildman–Crippen LogP) is 3.19. The van der Waals surface area contributed by atoms with Gasteiger partial charge in [-0.05, 0) is 54.8 Å². The SMILES string of the molecule is COc1cccc(NC(=S)NNC(=S)N[C@H]2CCC[C@@H](C)[C@H]2C)c1. The Morgan fingerprint density at radius 3 is 2.62 bits per heavy atom. The van der Waals surface area contributed by atoms with E-state index in [-0.39, 0.29) is 0 Å². The Hall–Kier alpha value is -1.60. The van der Waals surface area contributed by atoms with Crippen molar-refractivity contribution in [1.29, 1.82) is 0 Å². The van der Waals surface area contributed by atoms with E-state index < -0.39 is 0 Å². The fourth-order valence-electron chi connectivity index (χ4n) is 2.97. The van der Waals surface area contributed by atoms with Crippen LogP contribution >= 0.6 is 24.4 Å². The Morgan fingerprint density at radius 2 is 1.88 bits per heavy atom. The zero-order chi connectivity index (χ0) is 17.5. The summed E-state index contributed by atoms with van der Waals surface area (Å²) in [6.45, 7) is 4.59. The highest BCUT2D eigenvalue weighted by atomic mass is 32.1. The number of hydrogen-bond acceptors (Lipinski definition) is 3. The number of hydrazine groups is 1. The summed E-state index contributed by atoms with van der Waals surface area (Å²) in [7, 11) is 1.63. The lowest BCUT2D eigenvalue weighted by atomic mass is 9.78. The Morgan fingerprint density at radius 1 is 1.12 bits per heavy atom. The maximum Gasteiger partial charge on any atom is 0.189 e. The average Bonchev–Trinajstić information content (AvgIpc) is 2.57. The van der Waals surface area contributed by atoms with Gasteiger partial charge < -0.3 is 15.4 Å². The van der Waals surface area contributed by atoms with Crippen molar-refractivity contribution in [2.24, 2.45) is 11.8 Å². The molecule has 1 aliphatic rings. The largest absolute Gasteiger partial charge is 0.497 e. The highest BCUT2D eigenvalue weighted by Gasteiger charge is 2.27. The smallest absolute Gasteiger partial charge is 0.189 e. The summed E-state index contributed by atoms with van der Waals surface area (Å²) in [6, 6.07) is 7.98. The molecule has 24 heavy (non-hydrogen) atoms. The summed E-state index contributed by atoms with van der Waals surface area (Å²) in [6.07, 6.45) is 3.70. The third-order valence-corrected chi connectivity index (χ3v) is 5.06. The Bertz CT molecular complexity index is 581. The van der Waals surface area contributed by atoms with Crippen molar-refractivity contribution in [2.75, 3.05) is 12.4 Å². The van der Waals surface area contributed by atoms with Crippen molar-refractivity contribution in [2.45, 2.75) is 39.2 Å². The van der Waals surface area contributed by atoms with Crippen LogP contribution in [0.1, 0.15) is 33.1 Å². The highest BCUT2D eigenvalue weighted by molar-refractivity contribution is 7.80. The second-order valence-corrected chi connectivity index (χ2v) is 7.10. The van der Waals surface area contributed by atoms with E-state index in [2.05, 4.69) is 35.3 Å². The summed E-state index contributed by atoms with van der Waals surface area (Å²) >= 11 is 10.6. The first-order valence-corrected chi connectivity index (χ1v) is 9.09. The van der Waals surface area contributed by atoms with Gasteiger partial charge in [0.1, 0.15) is 5.75 Å². The topological polar surface area (TPSA) is 57.4 Å². The van der Waals surface area contributed by atoms with Crippen LogP contribution < -0.4 is 26.2 Å². The molecule has 7 heteroatoms. The minimum atomic E-state index is 0.412. The van der Waals surface area contributed by atoms with Crippen LogP contribution in [0.15, 0.2) is 24.3 Å². The molecule has 1 aliphatic carbocycles. The second kappa shape index (κ2) is 9.03. The number of nitrogens with one attached hydrogen (secondary N) is 4. The molecule has 1 saturated carbocycles. The zero-order valence-electron chi connectivity index (χ0n) is 14.4. The lowest BCUT2D eigenvalue weighted by Crippen LogP contribution is -2.53. The van der Waals surface area contributed by atoms with E-state index in [0.29, 0.717) is 22.2 Å². The van der Waals surface area contributed by atoms with Gasteiger partial charge >= 0.3 is 0 Å². The molecule has 2 rings (SSSR count). The lowest BCUT2D eigenvalue weighted by Gasteiger charge is -2.35. The van der Waals surface area contributed by atoms with Crippen LogP contribution in [0.5, 0.6) is 5.75 Å². The Kier molecular flexibility index (Phi) is 7.05. The van der Waals surface area contributed by atoms with Gasteiger partial charge in [0, 0.05) is 17.8 Å². The summed E-state index contributed by atoms with van der Waals surface area (Å²) in [4.78, 5) is 0. The normalized spacial score (nSPS) is 23.0. The summed E-state index contributed by atoms with van der Waals surface area (Å²) in [5.41, 5.74) is 6.71. The number of hydrogen-bond donors (Lipinski definition) is 4. The number of rotatable bonds is 3. The van der Waals surface area contributed by atoms with Gasteiger partial charge in [0.2, 0.25) is 0 Å². The van der Waals surface area contributed by atoms with Crippen LogP contribution in [0.2, 0.25) is 0 Å². The Labute approximate surface area is 154 Å². The van der Waals surface area contributed by atoms with E-state index in [1.54, 1.807) is 7.11 Å². The maximum atomic E-state index is 5.36. The van der Waals surface area contributed by atoms with Gasteiger partial charge in [-0.25, -0.2) is 0 Å². The van der Waals surface area contributed by atoms with Gasteiger partial charge in [-0.3, -0.25) is 10.9 Å². The predicted molar refractivity (Wildman–Crippen MR) is 107 cm³/mol. The number of benzene rings is 1. The highest BCUT2D eigenvalue weighted by Crippen LogP contribution is 2.29. The standard InChI is InChI=1S/C17H26N4OS2/c1-11-6-4-9-15(12(11)2)19-17(24)21-20-16(23)18-13-7-5-8-14(10-13)22-3/h5,7-8,10-12,15H,4,6,9H2,1-3H3,(H2,18,20,23)(H2,19,21,24)/t11-,12-,15+/m1/s1. The van der Waals surface area contributed by atoms with E-state index in [9.17, 15) is 0 Å². The molecule has 1 fully saturated rings. The van der Waals surface area contributed by atoms with Gasteiger partial charge in [0.25, 0.3) is 0 Å². The van der Waals surface area contributed by atoms with Gasteiger partial charge in [0.05, 0.1) is 7.11 Å². The first-order valence-electron chi connectivity index (χ1n) is 8.27. The van der Waals surface area contributed by atoms with Gasteiger partial charge in [-0.2, -0.15) is 0 Å².